The minimum atomic E-state index is -2.18. The van der Waals surface area contributed by atoms with E-state index < -0.39 is 41.1 Å². The number of aliphatic hydroxyl groups excluding tert-OH is 1. The van der Waals surface area contributed by atoms with Crippen LogP contribution >= 0.6 is 0 Å². The van der Waals surface area contributed by atoms with Crippen LogP contribution < -0.4 is 5.56 Å². The standard InChI is InChI=1S/C22H41NO5Si2/c1-21(2,3)29(7,8)27-19-16(14-24)26-18(15-12-11-13-17(25)23-15)20(19)28-30(9,10)22(4,5)6/h11-13,16,18-20,24H,14H2,1-10H3,(H,23,25)/t16-,18+,19-,20+/m1/s1. The SMILES string of the molecule is CC(C)(C)[Si](C)(C)O[C@@H]1[C@H](O[Si](C)(C)C(C)(C)C)[C@@H](CO)O[C@H]1c1cccc(=O)[nH]1. The van der Waals surface area contributed by atoms with Crippen molar-refractivity contribution in [2.45, 2.75) is 102 Å². The van der Waals surface area contributed by atoms with Crippen molar-refractivity contribution in [3.8, 4) is 0 Å². The van der Waals surface area contributed by atoms with E-state index in [0.29, 0.717) is 5.69 Å². The summed E-state index contributed by atoms with van der Waals surface area (Å²) in [5.74, 6) is 0. The molecule has 0 saturated carbocycles. The number of nitrogens with one attached hydrogen (secondary N) is 1. The molecule has 1 aliphatic heterocycles. The van der Waals surface area contributed by atoms with Crippen molar-refractivity contribution in [3.05, 3.63) is 34.2 Å². The molecular weight excluding hydrogens is 414 g/mol. The first-order valence-corrected chi connectivity index (χ1v) is 16.6. The van der Waals surface area contributed by atoms with E-state index in [9.17, 15) is 9.90 Å². The summed E-state index contributed by atoms with van der Waals surface area (Å²) in [6.07, 6.45) is -1.82. The lowest BCUT2D eigenvalue weighted by molar-refractivity contribution is -0.0216. The predicted molar refractivity (Wildman–Crippen MR) is 126 cm³/mol. The summed E-state index contributed by atoms with van der Waals surface area (Å²) in [6, 6.07) is 5.05. The summed E-state index contributed by atoms with van der Waals surface area (Å²) in [5.41, 5.74) is 0.475. The molecule has 6 nitrogen and oxygen atoms in total. The lowest BCUT2D eigenvalue weighted by Gasteiger charge is -2.44. The molecular formula is C22H41NO5Si2. The summed E-state index contributed by atoms with van der Waals surface area (Å²) in [4.78, 5) is 14.9. The second-order valence-corrected chi connectivity index (χ2v) is 20.9. The Labute approximate surface area is 183 Å². The van der Waals surface area contributed by atoms with Gasteiger partial charge in [0.2, 0.25) is 5.56 Å². The Hall–Kier alpha value is -0.776. The Bertz CT molecular complexity index is 779. The summed E-state index contributed by atoms with van der Waals surface area (Å²) >= 11 is 0. The lowest BCUT2D eigenvalue weighted by Crippen LogP contribution is -2.53. The van der Waals surface area contributed by atoms with Crippen LogP contribution in [0.15, 0.2) is 23.0 Å². The van der Waals surface area contributed by atoms with Gasteiger partial charge in [-0.15, -0.1) is 0 Å². The highest BCUT2D eigenvalue weighted by Crippen LogP contribution is 2.46. The summed E-state index contributed by atoms with van der Waals surface area (Å²) in [5, 5.41) is 10.1. The highest BCUT2D eigenvalue weighted by atomic mass is 28.4. The first-order valence-electron chi connectivity index (χ1n) is 10.8. The molecule has 2 rings (SSSR count). The molecule has 0 amide bonds. The normalized spacial score (nSPS) is 26.2. The van der Waals surface area contributed by atoms with Crippen LogP contribution in [-0.4, -0.2) is 51.6 Å². The van der Waals surface area contributed by atoms with Gasteiger partial charge in [-0.25, -0.2) is 0 Å². The van der Waals surface area contributed by atoms with Crippen LogP contribution in [0.25, 0.3) is 0 Å². The lowest BCUT2D eigenvalue weighted by atomic mass is 10.1. The molecule has 2 N–H and O–H groups in total. The van der Waals surface area contributed by atoms with E-state index >= 15 is 0 Å². The minimum absolute atomic E-state index is 0.000468. The number of aromatic amines is 1. The van der Waals surface area contributed by atoms with Crippen molar-refractivity contribution < 1.29 is 18.7 Å². The van der Waals surface area contributed by atoms with Crippen LogP contribution in [0.1, 0.15) is 53.3 Å². The summed E-state index contributed by atoms with van der Waals surface area (Å²) < 4.78 is 19.9. The molecule has 8 heteroatoms. The number of hydrogen-bond donors (Lipinski definition) is 2. The first kappa shape index (κ1) is 25.5. The average molecular weight is 456 g/mol. The maximum atomic E-state index is 12.0. The molecule has 0 unspecified atom stereocenters. The van der Waals surface area contributed by atoms with Crippen molar-refractivity contribution in [3.63, 3.8) is 0 Å². The molecule has 0 bridgehead atoms. The molecule has 1 saturated heterocycles. The van der Waals surface area contributed by atoms with E-state index in [0.717, 1.165) is 0 Å². The third kappa shape index (κ3) is 5.34. The largest absolute Gasteiger partial charge is 0.408 e. The van der Waals surface area contributed by atoms with Crippen molar-refractivity contribution in [1.82, 2.24) is 4.98 Å². The quantitative estimate of drug-likeness (QED) is 0.613. The zero-order valence-corrected chi connectivity index (χ0v) is 22.3. The topological polar surface area (TPSA) is 80.8 Å². The molecule has 1 aliphatic rings. The Morgan fingerprint density at radius 1 is 0.967 bits per heavy atom. The van der Waals surface area contributed by atoms with Crippen LogP contribution in [0, 0.1) is 0 Å². The predicted octanol–water partition coefficient (Wildman–Crippen LogP) is 4.59. The van der Waals surface area contributed by atoms with E-state index in [1.54, 1.807) is 6.07 Å². The number of aromatic nitrogens is 1. The highest BCUT2D eigenvalue weighted by molar-refractivity contribution is 6.74. The summed E-state index contributed by atoms with van der Waals surface area (Å²) in [7, 11) is -4.34. The van der Waals surface area contributed by atoms with Gasteiger partial charge in [-0.2, -0.15) is 0 Å². The molecule has 0 spiro atoms. The molecule has 1 fully saturated rings. The van der Waals surface area contributed by atoms with Crippen LogP contribution in [0.3, 0.4) is 0 Å². The zero-order chi connectivity index (χ0) is 23.1. The molecule has 1 aromatic heterocycles. The Balaban J connectivity index is 2.51. The van der Waals surface area contributed by atoms with Crippen molar-refractivity contribution in [2.75, 3.05) is 6.61 Å². The average Bonchev–Trinajstić information content (AvgIpc) is 2.89. The fraction of sp³-hybridized carbons (Fsp3) is 0.773. The Morgan fingerprint density at radius 3 is 1.90 bits per heavy atom. The van der Waals surface area contributed by atoms with Gasteiger partial charge in [-0.3, -0.25) is 4.79 Å². The minimum Gasteiger partial charge on any atom is -0.408 e. The van der Waals surface area contributed by atoms with E-state index in [-0.39, 0.29) is 22.2 Å². The number of ether oxygens (including phenoxy) is 1. The van der Waals surface area contributed by atoms with Gasteiger partial charge < -0.3 is 23.7 Å². The van der Waals surface area contributed by atoms with Gasteiger partial charge >= 0.3 is 0 Å². The van der Waals surface area contributed by atoms with Crippen LogP contribution in [0.5, 0.6) is 0 Å². The molecule has 30 heavy (non-hydrogen) atoms. The first-order chi connectivity index (χ1) is 13.5. The van der Waals surface area contributed by atoms with Crippen LogP contribution in [0.4, 0.5) is 0 Å². The fourth-order valence-electron chi connectivity index (χ4n) is 3.06. The number of H-pyrrole nitrogens is 1. The van der Waals surface area contributed by atoms with Gasteiger partial charge in [-0.1, -0.05) is 47.6 Å². The van der Waals surface area contributed by atoms with Gasteiger partial charge in [0.15, 0.2) is 16.6 Å². The van der Waals surface area contributed by atoms with Gasteiger partial charge in [-0.05, 0) is 42.3 Å². The monoisotopic (exact) mass is 455 g/mol. The third-order valence-corrected chi connectivity index (χ3v) is 16.0. The van der Waals surface area contributed by atoms with Gasteiger partial charge in [0.25, 0.3) is 0 Å². The molecule has 1 aromatic rings. The smallest absolute Gasteiger partial charge is 0.248 e. The van der Waals surface area contributed by atoms with Crippen LogP contribution in [-0.2, 0) is 13.6 Å². The number of hydrogen-bond acceptors (Lipinski definition) is 5. The van der Waals surface area contributed by atoms with Gasteiger partial charge in [0.1, 0.15) is 24.4 Å². The molecule has 172 valence electrons. The molecule has 2 heterocycles. The van der Waals surface area contributed by atoms with Crippen molar-refractivity contribution >= 4 is 16.6 Å². The highest BCUT2D eigenvalue weighted by Gasteiger charge is 2.54. The summed E-state index contributed by atoms with van der Waals surface area (Å²) in [6.45, 7) is 21.8. The van der Waals surface area contributed by atoms with Gasteiger partial charge in [0, 0.05) is 11.8 Å². The molecule has 4 atom stereocenters. The Morgan fingerprint density at radius 2 is 1.47 bits per heavy atom. The van der Waals surface area contributed by atoms with Crippen molar-refractivity contribution in [2.24, 2.45) is 0 Å². The zero-order valence-electron chi connectivity index (χ0n) is 20.3. The maximum Gasteiger partial charge on any atom is 0.248 e. The Kier molecular flexibility index (Phi) is 7.33. The molecule has 0 aliphatic carbocycles. The number of aliphatic hydroxyl groups is 1. The van der Waals surface area contributed by atoms with Crippen LogP contribution in [0.2, 0.25) is 36.3 Å². The molecule has 0 aromatic carbocycles. The van der Waals surface area contributed by atoms with E-state index in [1.165, 1.54) is 6.07 Å². The maximum absolute atomic E-state index is 12.0. The third-order valence-electron chi connectivity index (χ3n) is 7.06. The van der Waals surface area contributed by atoms with E-state index in [4.69, 9.17) is 13.6 Å². The van der Waals surface area contributed by atoms with E-state index in [1.807, 2.05) is 6.07 Å². The number of pyridine rings is 1. The van der Waals surface area contributed by atoms with Crippen molar-refractivity contribution in [1.29, 1.82) is 0 Å². The second-order valence-electron chi connectivity index (χ2n) is 11.4. The van der Waals surface area contributed by atoms with Gasteiger partial charge in [0.05, 0.1) is 6.61 Å². The number of rotatable bonds is 6. The second kappa shape index (κ2) is 8.63. The fourth-order valence-corrected chi connectivity index (χ4v) is 5.67. The van der Waals surface area contributed by atoms with E-state index in [2.05, 4.69) is 72.7 Å². The molecule has 0 radical (unpaired) electrons.